The lowest BCUT2D eigenvalue weighted by atomic mass is 9.84. The maximum absolute atomic E-state index is 12.0. The van der Waals surface area contributed by atoms with E-state index in [1.807, 2.05) is 0 Å². The normalized spacial score (nSPS) is 17.1. The van der Waals surface area contributed by atoms with E-state index in [1.54, 1.807) is 0 Å². The molecule has 1 aromatic rings. The van der Waals surface area contributed by atoms with Gasteiger partial charge in [0.2, 0.25) is 5.91 Å². The van der Waals surface area contributed by atoms with Gasteiger partial charge in [-0.15, -0.1) is 0 Å². The molecule has 1 aliphatic rings. The molecule has 1 fully saturated rings. The number of nitrogens with one attached hydrogen (secondary N) is 1. The summed E-state index contributed by atoms with van der Waals surface area (Å²) in [5, 5.41) is 17.6. The van der Waals surface area contributed by atoms with Crippen molar-refractivity contribution < 1.29 is 9.72 Å². The molecule has 1 unspecified atom stereocenters. The zero-order chi connectivity index (χ0) is 15.9. The Hall–Kier alpha value is -1.92. The van der Waals surface area contributed by atoms with Crippen LogP contribution in [0.15, 0.2) is 12.4 Å². The maximum atomic E-state index is 12.0. The monoisotopic (exact) mass is 308 g/mol. The molecule has 122 valence electrons. The smallest absolute Gasteiger partial charge is 0.306 e. The largest absolute Gasteiger partial charge is 0.353 e. The third-order valence-electron chi connectivity index (χ3n) is 4.37. The molecule has 0 radical (unpaired) electrons. The van der Waals surface area contributed by atoms with E-state index in [4.69, 9.17) is 0 Å². The minimum Gasteiger partial charge on any atom is -0.353 e. The molecule has 1 atom stereocenters. The average Bonchev–Trinajstić information content (AvgIpc) is 2.97. The lowest BCUT2D eigenvalue weighted by molar-refractivity contribution is -0.385. The number of aromatic nitrogens is 2. The van der Waals surface area contributed by atoms with Crippen LogP contribution in [0.1, 0.15) is 51.9 Å². The molecular weight excluding hydrogens is 284 g/mol. The van der Waals surface area contributed by atoms with Crippen LogP contribution in [0.5, 0.6) is 0 Å². The predicted molar refractivity (Wildman–Crippen MR) is 82.3 cm³/mol. The number of rotatable bonds is 7. The minimum atomic E-state index is -0.470. The average molecular weight is 308 g/mol. The van der Waals surface area contributed by atoms with Gasteiger partial charge in [-0.2, -0.15) is 5.10 Å². The summed E-state index contributed by atoms with van der Waals surface area (Å²) in [6.07, 6.45) is 9.93. The highest BCUT2D eigenvalue weighted by atomic mass is 16.6. The first-order valence-electron chi connectivity index (χ1n) is 8.02. The summed E-state index contributed by atoms with van der Waals surface area (Å²) in [5.74, 6) is 0.659. The molecule has 1 aromatic heterocycles. The van der Waals surface area contributed by atoms with Gasteiger partial charge in [-0.3, -0.25) is 19.6 Å². The number of nitrogens with zero attached hydrogens (tertiary/aromatic N) is 3. The van der Waals surface area contributed by atoms with Gasteiger partial charge in [0.25, 0.3) is 0 Å². The molecule has 22 heavy (non-hydrogen) atoms. The summed E-state index contributed by atoms with van der Waals surface area (Å²) in [4.78, 5) is 22.0. The molecule has 0 saturated heterocycles. The SMILES string of the molecule is CC(NC(=O)CCCn1cc([N+](=O)[O-])cn1)C1CCCCC1. The van der Waals surface area contributed by atoms with Crippen LogP contribution in [0.2, 0.25) is 0 Å². The van der Waals surface area contributed by atoms with E-state index in [1.165, 1.54) is 49.2 Å². The van der Waals surface area contributed by atoms with Crippen molar-refractivity contribution in [1.82, 2.24) is 15.1 Å². The van der Waals surface area contributed by atoms with E-state index in [9.17, 15) is 14.9 Å². The van der Waals surface area contributed by atoms with Gasteiger partial charge in [-0.05, 0) is 32.1 Å². The van der Waals surface area contributed by atoms with Gasteiger partial charge in [0.15, 0.2) is 0 Å². The summed E-state index contributed by atoms with van der Waals surface area (Å²) in [5.41, 5.74) is -0.0182. The molecule has 1 saturated carbocycles. The molecule has 2 rings (SSSR count). The molecule has 1 heterocycles. The first kappa shape index (κ1) is 16.5. The lowest BCUT2D eigenvalue weighted by Gasteiger charge is -2.28. The number of carbonyl (C=O) groups excluding carboxylic acids is 1. The van der Waals surface area contributed by atoms with Gasteiger partial charge in [0.1, 0.15) is 12.4 Å². The summed E-state index contributed by atoms with van der Waals surface area (Å²) < 4.78 is 1.51. The molecule has 0 aromatic carbocycles. The Balaban J connectivity index is 1.67. The first-order valence-corrected chi connectivity index (χ1v) is 8.02. The van der Waals surface area contributed by atoms with Crippen LogP contribution in [-0.4, -0.2) is 26.7 Å². The summed E-state index contributed by atoms with van der Waals surface area (Å²) in [6.45, 7) is 2.60. The van der Waals surface area contributed by atoms with Crippen LogP contribution in [-0.2, 0) is 11.3 Å². The van der Waals surface area contributed by atoms with Crippen LogP contribution in [0.4, 0.5) is 5.69 Å². The van der Waals surface area contributed by atoms with Gasteiger partial charge >= 0.3 is 5.69 Å². The second-order valence-corrected chi connectivity index (χ2v) is 6.08. The Morgan fingerprint density at radius 3 is 2.86 bits per heavy atom. The molecule has 7 nitrogen and oxygen atoms in total. The Morgan fingerprint density at radius 1 is 1.50 bits per heavy atom. The highest BCUT2D eigenvalue weighted by molar-refractivity contribution is 5.76. The van der Waals surface area contributed by atoms with Gasteiger partial charge in [0, 0.05) is 19.0 Å². The number of hydrogen-bond acceptors (Lipinski definition) is 4. The second kappa shape index (κ2) is 7.91. The fourth-order valence-electron chi connectivity index (χ4n) is 3.05. The van der Waals surface area contributed by atoms with Gasteiger partial charge in [0.05, 0.1) is 4.92 Å². The quantitative estimate of drug-likeness (QED) is 0.619. The third-order valence-corrected chi connectivity index (χ3v) is 4.37. The third kappa shape index (κ3) is 4.82. The van der Waals surface area contributed by atoms with Crippen molar-refractivity contribution in [3.8, 4) is 0 Å². The zero-order valence-electron chi connectivity index (χ0n) is 13.0. The number of hydrogen-bond donors (Lipinski definition) is 1. The van der Waals surface area contributed by atoms with Crippen molar-refractivity contribution in [3.05, 3.63) is 22.5 Å². The van der Waals surface area contributed by atoms with Crippen molar-refractivity contribution >= 4 is 11.6 Å². The molecule has 0 aliphatic heterocycles. The number of amides is 1. The highest BCUT2D eigenvalue weighted by Crippen LogP contribution is 2.26. The van der Waals surface area contributed by atoms with E-state index in [-0.39, 0.29) is 17.6 Å². The van der Waals surface area contributed by atoms with Crippen molar-refractivity contribution in [2.24, 2.45) is 5.92 Å². The van der Waals surface area contributed by atoms with Crippen LogP contribution >= 0.6 is 0 Å². The predicted octanol–water partition coefficient (Wildman–Crippen LogP) is 2.66. The van der Waals surface area contributed by atoms with Gasteiger partial charge in [-0.25, -0.2) is 0 Å². The Kier molecular flexibility index (Phi) is 5.91. The Bertz CT molecular complexity index is 509. The zero-order valence-corrected chi connectivity index (χ0v) is 13.0. The number of nitro groups is 1. The fourth-order valence-corrected chi connectivity index (χ4v) is 3.05. The van der Waals surface area contributed by atoms with E-state index in [0.29, 0.717) is 25.3 Å². The van der Waals surface area contributed by atoms with E-state index < -0.39 is 4.92 Å². The standard InChI is InChI=1S/C15H24N4O3/c1-12(13-6-3-2-4-7-13)17-15(20)8-5-9-18-11-14(10-16-18)19(21)22/h10-13H,2-9H2,1H3,(H,17,20). The van der Waals surface area contributed by atoms with Crippen LogP contribution in [0.25, 0.3) is 0 Å². The van der Waals surface area contributed by atoms with Crippen molar-refractivity contribution in [2.75, 3.05) is 0 Å². The molecule has 1 amide bonds. The summed E-state index contributed by atoms with van der Waals surface area (Å²) in [6, 6.07) is 0.235. The van der Waals surface area contributed by atoms with Crippen LogP contribution in [0, 0.1) is 16.0 Å². The van der Waals surface area contributed by atoms with Crippen LogP contribution in [0.3, 0.4) is 0 Å². The number of aryl methyl sites for hydroxylation is 1. The first-order chi connectivity index (χ1) is 10.6. The van der Waals surface area contributed by atoms with Crippen molar-refractivity contribution in [2.45, 2.75) is 64.5 Å². The van der Waals surface area contributed by atoms with Gasteiger partial charge < -0.3 is 5.32 Å². The topological polar surface area (TPSA) is 90.1 Å². The minimum absolute atomic E-state index is 0.0182. The van der Waals surface area contributed by atoms with Crippen LogP contribution < -0.4 is 5.32 Å². The lowest BCUT2D eigenvalue weighted by Crippen LogP contribution is -2.38. The highest BCUT2D eigenvalue weighted by Gasteiger charge is 2.21. The molecule has 1 aliphatic carbocycles. The van der Waals surface area contributed by atoms with E-state index >= 15 is 0 Å². The molecule has 1 N–H and O–H groups in total. The Labute approximate surface area is 130 Å². The summed E-state index contributed by atoms with van der Waals surface area (Å²) >= 11 is 0. The molecular formula is C15H24N4O3. The summed E-state index contributed by atoms with van der Waals surface area (Å²) in [7, 11) is 0. The van der Waals surface area contributed by atoms with Gasteiger partial charge in [-0.1, -0.05) is 19.3 Å². The Morgan fingerprint density at radius 2 is 2.23 bits per heavy atom. The second-order valence-electron chi connectivity index (χ2n) is 6.08. The maximum Gasteiger partial charge on any atom is 0.306 e. The molecule has 0 bridgehead atoms. The van der Waals surface area contributed by atoms with Crippen molar-refractivity contribution in [1.29, 1.82) is 0 Å². The van der Waals surface area contributed by atoms with Crippen molar-refractivity contribution in [3.63, 3.8) is 0 Å². The van der Waals surface area contributed by atoms with E-state index in [2.05, 4.69) is 17.3 Å². The molecule has 0 spiro atoms. The fraction of sp³-hybridized carbons (Fsp3) is 0.733. The molecule has 7 heteroatoms. The number of carbonyl (C=O) groups is 1. The van der Waals surface area contributed by atoms with E-state index in [0.717, 1.165) is 0 Å².